The van der Waals surface area contributed by atoms with Gasteiger partial charge in [-0.2, -0.15) is 0 Å². The van der Waals surface area contributed by atoms with Crippen LogP contribution in [-0.2, 0) is 6.42 Å². The second-order valence-electron chi connectivity index (χ2n) is 9.11. The Bertz CT molecular complexity index is 818. The van der Waals surface area contributed by atoms with E-state index in [2.05, 4.69) is 37.3 Å². The van der Waals surface area contributed by atoms with Crippen LogP contribution in [-0.4, -0.2) is 0 Å². The fourth-order valence-corrected chi connectivity index (χ4v) is 5.61. The second kappa shape index (κ2) is 8.17. The van der Waals surface area contributed by atoms with Gasteiger partial charge in [0.2, 0.25) is 0 Å². The number of benzene rings is 2. The molecule has 1 heteroatoms. The Hall–Kier alpha value is -1.63. The normalized spacial score (nSPS) is 28.6. The van der Waals surface area contributed by atoms with Crippen LogP contribution in [0.5, 0.6) is 0 Å². The van der Waals surface area contributed by atoms with Crippen molar-refractivity contribution in [2.24, 2.45) is 17.8 Å². The van der Waals surface area contributed by atoms with Crippen molar-refractivity contribution in [3.63, 3.8) is 0 Å². The van der Waals surface area contributed by atoms with E-state index in [9.17, 15) is 4.39 Å². The average Bonchev–Trinajstić information content (AvgIpc) is 2.67. The van der Waals surface area contributed by atoms with E-state index in [1.54, 1.807) is 6.07 Å². The first-order valence-electron chi connectivity index (χ1n) is 11.0. The molecule has 0 heterocycles. The summed E-state index contributed by atoms with van der Waals surface area (Å²) < 4.78 is 14.6. The molecule has 2 fully saturated rings. The average molecular weight is 365 g/mol. The molecular weight excluding hydrogens is 331 g/mol. The molecular formula is C26H33F. The molecule has 0 radical (unpaired) electrons. The van der Waals surface area contributed by atoms with E-state index in [0.717, 1.165) is 41.5 Å². The van der Waals surface area contributed by atoms with E-state index >= 15 is 0 Å². The zero-order valence-electron chi connectivity index (χ0n) is 16.9. The van der Waals surface area contributed by atoms with Crippen molar-refractivity contribution in [3.8, 4) is 0 Å². The molecule has 0 saturated heterocycles. The number of hydrogen-bond acceptors (Lipinski definition) is 0. The lowest BCUT2D eigenvalue weighted by molar-refractivity contribution is 0.124. The summed E-state index contributed by atoms with van der Waals surface area (Å²) in [6.45, 7) is 4.44. The lowest BCUT2D eigenvalue weighted by atomic mass is 9.64. The zero-order chi connectivity index (χ0) is 18.8. The molecule has 0 spiro atoms. The van der Waals surface area contributed by atoms with E-state index < -0.39 is 0 Å². The van der Waals surface area contributed by atoms with Crippen LogP contribution in [0.2, 0.25) is 0 Å². The Morgan fingerprint density at radius 1 is 0.963 bits per heavy atom. The maximum absolute atomic E-state index is 14.6. The van der Waals surface area contributed by atoms with Crippen molar-refractivity contribution in [1.29, 1.82) is 0 Å². The fraction of sp³-hybridized carbons (Fsp3) is 0.538. The number of allylic oxidation sites excluding steroid dienone is 2. The predicted octanol–water partition coefficient (Wildman–Crippen LogP) is 7.81. The molecule has 2 aromatic rings. The monoisotopic (exact) mass is 364 g/mol. The number of halogens is 1. The Kier molecular flexibility index (Phi) is 5.66. The maximum Gasteiger partial charge on any atom is 0.127 e. The van der Waals surface area contributed by atoms with Crippen LogP contribution in [0, 0.1) is 23.6 Å². The lowest BCUT2D eigenvalue weighted by Crippen LogP contribution is -2.29. The van der Waals surface area contributed by atoms with Gasteiger partial charge in [0.1, 0.15) is 5.82 Å². The van der Waals surface area contributed by atoms with Gasteiger partial charge in [0.25, 0.3) is 0 Å². The number of aryl methyl sites for hydroxylation is 1. The molecule has 27 heavy (non-hydrogen) atoms. The van der Waals surface area contributed by atoms with Crippen LogP contribution in [0.1, 0.15) is 75.8 Å². The summed E-state index contributed by atoms with van der Waals surface area (Å²) in [6, 6.07) is 10.6. The minimum Gasteiger partial charge on any atom is -0.207 e. The van der Waals surface area contributed by atoms with E-state index in [0.29, 0.717) is 5.92 Å². The molecule has 0 bridgehead atoms. The van der Waals surface area contributed by atoms with Crippen LogP contribution < -0.4 is 0 Å². The molecule has 0 aromatic heterocycles. The molecule has 0 N–H and O–H groups in total. The summed E-state index contributed by atoms with van der Waals surface area (Å²) in [5, 5.41) is 2.25. The highest BCUT2D eigenvalue weighted by Crippen LogP contribution is 2.47. The molecule has 0 nitrogen and oxygen atoms in total. The van der Waals surface area contributed by atoms with Gasteiger partial charge in [-0.1, -0.05) is 43.7 Å². The molecule has 0 amide bonds. The van der Waals surface area contributed by atoms with Gasteiger partial charge < -0.3 is 0 Å². The summed E-state index contributed by atoms with van der Waals surface area (Å²) >= 11 is 0. The molecule has 2 saturated carbocycles. The Labute approximate surface area is 163 Å². The quantitative estimate of drug-likeness (QED) is 0.485. The number of hydrogen-bond donors (Lipinski definition) is 0. The molecule has 2 aliphatic rings. The van der Waals surface area contributed by atoms with Crippen LogP contribution >= 0.6 is 0 Å². The third kappa shape index (κ3) is 4.13. The van der Waals surface area contributed by atoms with Crippen molar-refractivity contribution in [2.75, 3.05) is 0 Å². The van der Waals surface area contributed by atoms with Crippen molar-refractivity contribution in [1.82, 2.24) is 0 Å². The Morgan fingerprint density at radius 2 is 1.78 bits per heavy atom. The topological polar surface area (TPSA) is 0 Å². The second-order valence-corrected chi connectivity index (χ2v) is 9.11. The van der Waals surface area contributed by atoms with Gasteiger partial charge in [0, 0.05) is 0 Å². The SMILES string of the molecule is CC=CCCc1cc2ccc(C3CCC4CC(C)CCC4C3)cc2cc1F. The van der Waals surface area contributed by atoms with Crippen LogP contribution in [0.15, 0.2) is 42.5 Å². The third-order valence-corrected chi connectivity index (χ3v) is 7.19. The third-order valence-electron chi connectivity index (χ3n) is 7.19. The van der Waals surface area contributed by atoms with Gasteiger partial charge in [0.15, 0.2) is 0 Å². The van der Waals surface area contributed by atoms with Gasteiger partial charge >= 0.3 is 0 Å². The van der Waals surface area contributed by atoms with Crippen molar-refractivity contribution < 1.29 is 4.39 Å². The molecule has 2 aliphatic carbocycles. The minimum absolute atomic E-state index is 0.0471. The van der Waals surface area contributed by atoms with E-state index in [1.165, 1.54) is 49.5 Å². The summed E-state index contributed by atoms with van der Waals surface area (Å²) in [7, 11) is 0. The van der Waals surface area contributed by atoms with Crippen molar-refractivity contribution >= 4 is 10.8 Å². The largest absolute Gasteiger partial charge is 0.207 e. The maximum atomic E-state index is 14.6. The number of fused-ring (bicyclic) bond motifs is 2. The Morgan fingerprint density at radius 3 is 2.63 bits per heavy atom. The first kappa shape index (κ1) is 18.7. The minimum atomic E-state index is -0.0471. The van der Waals surface area contributed by atoms with Crippen LogP contribution in [0.25, 0.3) is 10.8 Å². The Balaban J connectivity index is 1.52. The van der Waals surface area contributed by atoms with E-state index in [-0.39, 0.29) is 5.82 Å². The van der Waals surface area contributed by atoms with Gasteiger partial charge in [-0.05, 0) is 110 Å². The molecule has 4 rings (SSSR count). The zero-order valence-corrected chi connectivity index (χ0v) is 16.9. The molecule has 2 aromatic carbocycles. The van der Waals surface area contributed by atoms with E-state index in [1.807, 2.05) is 13.0 Å². The molecule has 4 unspecified atom stereocenters. The summed E-state index contributed by atoms with van der Waals surface area (Å²) in [4.78, 5) is 0. The van der Waals surface area contributed by atoms with Crippen molar-refractivity contribution in [3.05, 3.63) is 59.4 Å². The van der Waals surface area contributed by atoms with Crippen molar-refractivity contribution in [2.45, 2.75) is 71.1 Å². The predicted molar refractivity (Wildman–Crippen MR) is 114 cm³/mol. The first-order valence-corrected chi connectivity index (χ1v) is 11.0. The smallest absolute Gasteiger partial charge is 0.127 e. The van der Waals surface area contributed by atoms with Gasteiger partial charge in [0.05, 0.1) is 0 Å². The summed E-state index contributed by atoms with van der Waals surface area (Å²) in [6.07, 6.45) is 14.1. The highest BCUT2D eigenvalue weighted by Gasteiger charge is 2.34. The standard InChI is InChI=1S/C26H33F/c1-3-4-5-6-24-15-23-12-11-22(16-25(23)17-26(24)27)21-10-9-19-13-18(2)7-8-20(19)14-21/h3-4,11-12,15-21H,5-10,13-14H2,1-2H3. The van der Waals surface area contributed by atoms with Gasteiger partial charge in [-0.25, -0.2) is 4.39 Å². The summed E-state index contributed by atoms with van der Waals surface area (Å²) in [5.74, 6) is 3.42. The van der Waals surface area contributed by atoms with Gasteiger partial charge in [-0.15, -0.1) is 0 Å². The van der Waals surface area contributed by atoms with E-state index in [4.69, 9.17) is 0 Å². The summed E-state index contributed by atoms with van der Waals surface area (Å²) in [5.41, 5.74) is 2.27. The first-order chi connectivity index (χ1) is 13.1. The fourth-order valence-electron chi connectivity index (χ4n) is 5.61. The highest BCUT2D eigenvalue weighted by molar-refractivity contribution is 5.84. The van der Waals surface area contributed by atoms with Crippen LogP contribution in [0.3, 0.4) is 0 Å². The lowest BCUT2D eigenvalue weighted by Gasteiger charge is -2.41. The molecule has 144 valence electrons. The molecule has 4 atom stereocenters. The molecule has 0 aliphatic heterocycles. The van der Waals surface area contributed by atoms with Gasteiger partial charge in [-0.3, -0.25) is 0 Å². The van der Waals surface area contributed by atoms with Crippen LogP contribution in [0.4, 0.5) is 4.39 Å². The highest BCUT2D eigenvalue weighted by atomic mass is 19.1. The number of rotatable bonds is 4.